The zero-order chi connectivity index (χ0) is 14.8. The van der Waals surface area contributed by atoms with E-state index in [1.54, 1.807) is 0 Å². The predicted octanol–water partition coefficient (Wildman–Crippen LogP) is 0.896. The lowest BCUT2D eigenvalue weighted by Crippen LogP contribution is -2.38. The van der Waals surface area contributed by atoms with E-state index < -0.39 is 10.0 Å². The Morgan fingerprint density at radius 2 is 2.00 bits per heavy atom. The summed E-state index contributed by atoms with van der Waals surface area (Å²) in [6, 6.07) is 4.03. The molecule has 1 aliphatic heterocycles. The Bertz CT molecular complexity index is 612. The normalized spacial score (nSPS) is 16.9. The van der Waals surface area contributed by atoms with Crippen molar-refractivity contribution in [3.63, 3.8) is 0 Å². The number of carbonyl (C=O) groups excluding carboxylic acids is 1. The van der Waals surface area contributed by atoms with Gasteiger partial charge >= 0.3 is 0 Å². The number of hydrogen-bond donors (Lipinski definition) is 2. The molecule has 0 aliphatic carbocycles. The van der Waals surface area contributed by atoms with Gasteiger partial charge in [-0.3, -0.25) is 4.79 Å². The van der Waals surface area contributed by atoms with Crippen LogP contribution in [0.3, 0.4) is 0 Å². The number of rotatable bonds is 3. The minimum atomic E-state index is -3.95. The van der Waals surface area contributed by atoms with Crippen molar-refractivity contribution in [1.29, 1.82) is 0 Å². The van der Waals surface area contributed by atoms with Gasteiger partial charge in [-0.2, -0.15) is 0 Å². The van der Waals surface area contributed by atoms with Gasteiger partial charge in [0.1, 0.15) is 4.90 Å². The van der Waals surface area contributed by atoms with Crippen molar-refractivity contribution in [3.8, 4) is 0 Å². The molecule has 0 aromatic heterocycles. The van der Waals surface area contributed by atoms with E-state index in [1.165, 1.54) is 18.2 Å². The highest BCUT2D eigenvalue weighted by atomic mass is 35.5. The van der Waals surface area contributed by atoms with E-state index in [4.69, 9.17) is 21.5 Å². The Morgan fingerprint density at radius 1 is 1.35 bits per heavy atom. The van der Waals surface area contributed by atoms with Crippen LogP contribution in [-0.2, 0) is 14.8 Å². The van der Waals surface area contributed by atoms with Crippen LogP contribution in [0.25, 0.3) is 0 Å². The molecule has 1 heterocycles. The maximum Gasteiger partial charge on any atom is 0.251 e. The summed E-state index contributed by atoms with van der Waals surface area (Å²) in [5.74, 6) is -0.349. The van der Waals surface area contributed by atoms with Gasteiger partial charge in [0.25, 0.3) is 5.91 Å². The van der Waals surface area contributed by atoms with Crippen LogP contribution < -0.4 is 10.5 Å². The number of benzene rings is 1. The number of sulfonamides is 1. The number of hydrogen-bond acceptors (Lipinski definition) is 4. The zero-order valence-corrected chi connectivity index (χ0v) is 12.2. The fourth-order valence-electron chi connectivity index (χ4n) is 1.97. The van der Waals surface area contributed by atoms with Crippen molar-refractivity contribution < 1.29 is 17.9 Å². The number of ether oxygens (including phenoxy) is 1. The first-order chi connectivity index (χ1) is 9.38. The van der Waals surface area contributed by atoms with Gasteiger partial charge < -0.3 is 10.1 Å². The fraction of sp³-hybridized carbons (Fsp3) is 0.417. The largest absolute Gasteiger partial charge is 0.381 e. The maximum atomic E-state index is 12.1. The summed E-state index contributed by atoms with van der Waals surface area (Å²) in [7, 11) is -3.95. The Morgan fingerprint density at radius 3 is 2.60 bits per heavy atom. The van der Waals surface area contributed by atoms with Crippen molar-refractivity contribution in [3.05, 3.63) is 28.8 Å². The van der Waals surface area contributed by atoms with E-state index in [9.17, 15) is 13.2 Å². The molecule has 1 aromatic rings. The minimum Gasteiger partial charge on any atom is -0.381 e. The summed E-state index contributed by atoms with van der Waals surface area (Å²) >= 11 is 5.77. The number of carbonyl (C=O) groups is 1. The second-order valence-electron chi connectivity index (χ2n) is 4.55. The van der Waals surface area contributed by atoms with Crippen molar-refractivity contribution >= 4 is 27.5 Å². The molecular weight excluding hydrogens is 304 g/mol. The molecule has 1 saturated heterocycles. The Labute approximate surface area is 122 Å². The lowest BCUT2D eigenvalue weighted by atomic mass is 10.1. The molecule has 3 N–H and O–H groups in total. The van der Waals surface area contributed by atoms with Gasteiger partial charge in [0, 0.05) is 24.8 Å². The second kappa shape index (κ2) is 6.09. The average molecular weight is 319 g/mol. The molecule has 110 valence electrons. The van der Waals surface area contributed by atoms with Crippen LogP contribution in [0.2, 0.25) is 5.02 Å². The molecule has 0 radical (unpaired) electrons. The number of nitrogens with one attached hydrogen (secondary N) is 1. The minimum absolute atomic E-state index is 0.00452. The highest BCUT2D eigenvalue weighted by Crippen LogP contribution is 2.21. The third-order valence-corrected chi connectivity index (χ3v) is 4.45. The standard InChI is InChI=1S/C12H15ClN2O4S/c13-10-2-1-8(7-11(10)20(14,17)18)12(16)15-9-3-5-19-6-4-9/h1-2,7,9H,3-6H2,(H,15,16)(H2,14,17,18). The number of halogens is 1. The van der Waals surface area contributed by atoms with Crippen molar-refractivity contribution in [2.75, 3.05) is 13.2 Å². The van der Waals surface area contributed by atoms with E-state index in [0.717, 1.165) is 12.8 Å². The first-order valence-electron chi connectivity index (χ1n) is 6.09. The van der Waals surface area contributed by atoms with Gasteiger partial charge in [0.15, 0.2) is 0 Å². The van der Waals surface area contributed by atoms with Crippen molar-refractivity contribution in [1.82, 2.24) is 5.32 Å². The summed E-state index contributed by atoms with van der Waals surface area (Å²) in [6.07, 6.45) is 1.47. The van der Waals surface area contributed by atoms with Crippen LogP contribution in [0, 0.1) is 0 Å². The third kappa shape index (κ3) is 3.69. The molecule has 0 saturated carbocycles. The molecule has 1 aromatic carbocycles. The molecule has 8 heteroatoms. The monoisotopic (exact) mass is 318 g/mol. The van der Waals surface area contributed by atoms with E-state index in [1.807, 2.05) is 0 Å². The Balaban J connectivity index is 2.18. The summed E-state index contributed by atoms with van der Waals surface area (Å²) in [6.45, 7) is 1.21. The Kier molecular flexibility index (Phi) is 4.64. The third-order valence-electron chi connectivity index (χ3n) is 3.06. The first-order valence-corrected chi connectivity index (χ1v) is 8.01. The predicted molar refractivity (Wildman–Crippen MR) is 74.1 cm³/mol. The van der Waals surface area contributed by atoms with Gasteiger partial charge in [-0.1, -0.05) is 11.6 Å². The van der Waals surface area contributed by atoms with Crippen LogP contribution in [0.5, 0.6) is 0 Å². The lowest BCUT2D eigenvalue weighted by Gasteiger charge is -2.23. The molecule has 0 spiro atoms. The molecule has 2 rings (SSSR count). The van der Waals surface area contributed by atoms with Crippen LogP contribution in [0.1, 0.15) is 23.2 Å². The molecular formula is C12H15ClN2O4S. The highest BCUT2D eigenvalue weighted by molar-refractivity contribution is 7.89. The summed E-state index contributed by atoms with van der Waals surface area (Å²) in [5, 5.41) is 7.88. The average Bonchev–Trinajstić information content (AvgIpc) is 2.39. The van der Waals surface area contributed by atoms with E-state index in [0.29, 0.717) is 13.2 Å². The molecule has 0 bridgehead atoms. The lowest BCUT2D eigenvalue weighted by molar-refractivity contribution is 0.0696. The second-order valence-corrected chi connectivity index (χ2v) is 6.49. The summed E-state index contributed by atoms with van der Waals surface area (Å²) in [4.78, 5) is 11.8. The van der Waals surface area contributed by atoms with Gasteiger partial charge in [-0.15, -0.1) is 0 Å². The van der Waals surface area contributed by atoms with Crippen LogP contribution in [0.15, 0.2) is 23.1 Å². The van der Waals surface area contributed by atoms with Gasteiger partial charge in [-0.25, -0.2) is 13.6 Å². The maximum absolute atomic E-state index is 12.1. The van der Waals surface area contributed by atoms with Crippen molar-refractivity contribution in [2.24, 2.45) is 5.14 Å². The topological polar surface area (TPSA) is 98.5 Å². The molecule has 1 fully saturated rings. The smallest absolute Gasteiger partial charge is 0.251 e. The van der Waals surface area contributed by atoms with Crippen LogP contribution in [-0.4, -0.2) is 33.6 Å². The van der Waals surface area contributed by atoms with Crippen LogP contribution in [0.4, 0.5) is 0 Å². The molecule has 1 aliphatic rings. The van der Waals surface area contributed by atoms with Gasteiger partial charge in [0.05, 0.1) is 5.02 Å². The molecule has 1 amide bonds. The molecule has 20 heavy (non-hydrogen) atoms. The van der Waals surface area contributed by atoms with Gasteiger partial charge in [-0.05, 0) is 31.0 Å². The van der Waals surface area contributed by atoms with Crippen molar-refractivity contribution in [2.45, 2.75) is 23.8 Å². The van der Waals surface area contributed by atoms with Gasteiger partial charge in [0.2, 0.25) is 10.0 Å². The van der Waals surface area contributed by atoms with E-state index in [2.05, 4.69) is 5.32 Å². The molecule has 0 atom stereocenters. The molecule has 0 unspecified atom stereocenters. The molecule has 6 nitrogen and oxygen atoms in total. The summed E-state index contributed by atoms with van der Waals surface area (Å²) < 4.78 is 27.9. The number of primary sulfonamides is 1. The quantitative estimate of drug-likeness (QED) is 0.865. The fourth-order valence-corrected chi connectivity index (χ4v) is 3.04. The number of nitrogens with two attached hydrogens (primary N) is 1. The first kappa shape index (κ1) is 15.2. The highest BCUT2D eigenvalue weighted by Gasteiger charge is 2.19. The SMILES string of the molecule is NS(=O)(=O)c1cc(C(=O)NC2CCOCC2)ccc1Cl. The van der Waals surface area contributed by atoms with Crippen LogP contribution >= 0.6 is 11.6 Å². The van der Waals surface area contributed by atoms with E-state index >= 15 is 0 Å². The number of amides is 1. The zero-order valence-electron chi connectivity index (χ0n) is 10.6. The van der Waals surface area contributed by atoms with E-state index in [-0.39, 0.29) is 27.4 Å². The Hall–Kier alpha value is -1.15. The summed E-state index contributed by atoms with van der Waals surface area (Å²) in [5.41, 5.74) is 0.213.